The van der Waals surface area contributed by atoms with Crippen molar-refractivity contribution < 1.29 is 13.2 Å². The van der Waals surface area contributed by atoms with E-state index in [1.54, 1.807) is 18.2 Å². The highest BCUT2D eigenvalue weighted by molar-refractivity contribution is 7.99. The second-order valence-electron chi connectivity index (χ2n) is 2.59. The molecule has 0 radical (unpaired) electrons. The third-order valence-corrected chi connectivity index (χ3v) is 2.14. The van der Waals surface area contributed by atoms with Crippen molar-refractivity contribution in [2.75, 3.05) is 5.73 Å². The Morgan fingerprint density at radius 3 is 2.93 bits per heavy atom. The highest BCUT2D eigenvalue weighted by Gasteiger charge is 2.12. The van der Waals surface area contributed by atoms with Crippen LogP contribution < -0.4 is 5.73 Å². The molecule has 0 bridgehead atoms. The Morgan fingerprint density at radius 1 is 1.43 bits per heavy atom. The number of hydrogen-bond donors (Lipinski definition) is 1. The molecule has 1 aromatic heterocycles. The summed E-state index contributed by atoms with van der Waals surface area (Å²) < 4.78 is 29.0. The van der Waals surface area contributed by atoms with E-state index in [0.29, 0.717) is 16.8 Å². The summed E-state index contributed by atoms with van der Waals surface area (Å²) in [4.78, 5) is 3.85. The molecule has 6 heteroatoms. The zero-order valence-corrected chi connectivity index (χ0v) is 7.72. The lowest BCUT2D eigenvalue weighted by atomic mass is 10.3. The molecule has 2 aromatic rings. The molecule has 14 heavy (non-hydrogen) atoms. The molecule has 1 heterocycles. The first-order valence-electron chi connectivity index (χ1n) is 3.76. The Balaban J connectivity index is 2.41. The second-order valence-corrected chi connectivity index (χ2v) is 3.53. The molecule has 0 unspecified atom stereocenters. The van der Waals surface area contributed by atoms with Crippen molar-refractivity contribution in [3.63, 3.8) is 0 Å². The maximum Gasteiger partial charge on any atom is 0.293 e. The van der Waals surface area contributed by atoms with Crippen LogP contribution in [0.4, 0.5) is 14.5 Å². The summed E-state index contributed by atoms with van der Waals surface area (Å²) in [6, 6.07) is 4.82. The summed E-state index contributed by atoms with van der Waals surface area (Å²) in [6.07, 6.45) is 0. The Labute approximate surface area is 82.3 Å². The first-order valence-corrected chi connectivity index (χ1v) is 4.64. The Hall–Kier alpha value is -1.30. The third-order valence-electron chi connectivity index (χ3n) is 1.58. The molecule has 2 N–H and O–H groups in total. The average Bonchev–Trinajstić information content (AvgIpc) is 2.44. The van der Waals surface area contributed by atoms with E-state index in [-0.39, 0.29) is 17.0 Å². The maximum absolute atomic E-state index is 12.0. The SMILES string of the molecule is Nc1ccc2nc(SC(F)F)oc2c1. The lowest BCUT2D eigenvalue weighted by Gasteiger charge is -1.90. The van der Waals surface area contributed by atoms with Crippen LogP contribution in [0.25, 0.3) is 11.1 Å². The van der Waals surface area contributed by atoms with Gasteiger partial charge in [0.15, 0.2) is 5.58 Å². The lowest BCUT2D eigenvalue weighted by molar-refractivity contribution is 0.249. The molecule has 0 aliphatic carbocycles. The monoisotopic (exact) mass is 216 g/mol. The van der Waals surface area contributed by atoms with Gasteiger partial charge in [-0.25, -0.2) is 4.98 Å². The van der Waals surface area contributed by atoms with Gasteiger partial charge in [-0.15, -0.1) is 0 Å². The number of benzene rings is 1. The van der Waals surface area contributed by atoms with Crippen molar-refractivity contribution in [1.29, 1.82) is 0 Å². The first-order chi connectivity index (χ1) is 6.65. The number of nitrogen functional groups attached to an aromatic ring is 1. The number of rotatable bonds is 2. The highest BCUT2D eigenvalue weighted by Crippen LogP contribution is 2.28. The standard InChI is InChI=1S/C8H6F2N2OS/c9-7(10)14-8-12-5-2-1-4(11)3-6(5)13-8/h1-3,7H,11H2. The molecule has 0 saturated heterocycles. The van der Waals surface area contributed by atoms with Crippen molar-refractivity contribution in [3.05, 3.63) is 18.2 Å². The molecule has 0 fully saturated rings. The number of anilines is 1. The largest absolute Gasteiger partial charge is 0.431 e. The van der Waals surface area contributed by atoms with Crippen molar-refractivity contribution in [1.82, 2.24) is 4.98 Å². The van der Waals surface area contributed by atoms with Crippen LogP contribution >= 0.6 is 11.8 Å². The van der Waals surface area contributed by atoms with Gasteiger partial charge in [-0.2, -0.15) is 8.78 Å². The molecule has 3 nitrogen and oxygen atoms in total. The van der Waals surface area contributed by atoms with E-state index in [9.17, 15) is 8.78 Å². The van der Waals surface area contributed by atoms with E-state index in [2.05, 4.69) is 4.98 Å². The third kappa shape index (κ3) is 1.79. The normalized spacial score (nSPS) is 11.4. The molecule has 0 amide bonds. The van der Waals surface area contributed by atoms with E-state index in [1.165, 1.54) is 0 Å². The van der Waals surface area contributed by atoms with Crippen LogP contribution in [0, 0.1) is 0 Å². The number of oxazole rings is 1. The van der Waals surface area contributed by atoms with E-state index in [0.717, 1.165) is 0 Å². The molecule has 0 atom stereocenters. The number of alkyl halides is 2. The molecule has 0 aliphatic rings. The molecule has 0 saturated carbocycles. The minimum atomic E-state index is -2.53. The molecular formula is C8H6F2N2OS. The van der Waals surface area contributed by atoms with Crippen LogP contribution in [0.3, 0.4) is 0 Å². The summed E-state index contributed by atoms with van der Waals surface area (Å²) in [5, 5.41) is -0.0411. The molecule has 2 rings (SSSR count). The first kappa shape index (κ1) is 9.26. The summed E-state index contributed by atoms with van der Waals surface area (Å²) >= 11 is 0.278. The van der Waals surface area contributed by atoms with Crippen LogP contribution in [-0.2, 0) is 0 Å². The van der Waals surface area contributed by atoms with Gasteiger partial charge in [0.1, 0.15) is 5.52 Å². The summed E-state index contributed by atoms with van der Waals surface area (Å²) in [5.74, 6) is -2.53. The number of halogens is 2. The van der Waals surface area contributed by atoms with Gasteiger partial charge >= 0.3 is 0 Å². The summed E-state index contributed by atoms with van der Waals surface area (Å²) in [6.45, 7) is 0. The van der Waals surface area contributed by atoms with Crippen LogP contribution in [-0.4, -0.2) is 10.7 Å². The van der Waals surface area contributed by atoms with Crippen molar-refractivity contribution in [3.8, 4) is 0 Å². The average molecular weight is 216 g/mol. The zero-order chi connectivity index (χ0) is 10.1. The fourth-order valence-corrected chi connectivity index (χ4v) is 1.49. The van der Waals surface area contributed by atoms with E-state index >= 15 is 0 Å². The number of fused-ring (bicyclic) bond motifs is 1. The van der Waals surface area contributed by atoms with Crippen LogP contribution in [0.1, 0.15) is 0 Å². The topological polar surface area (TPSA) is 52.0 Å². The number of thioether (sulfide) groups is 1. The summed E-state index contributed by atoms with van der Waals surface area (Å²) in [7, 11) is 0. The summed E-state index contributed by atoms with van der Waals surface area (Å²) in [5.41, 5.74) is 6.96. The number of nitrogens with zero attached hydrogens (tertiary/aromatic N) is 1. The fraction of sp³-hybridized carbons (Fsp3) is 0.125. The predicted octanol–water partition coefficient (Wildman–Crippen LogP) is 2.72. The van der Waals surface area contributed by atoms with Gasteiger partial charge in [-0.05, 0) is 12.1 Å². The quantitative estimate of drug-likeness (QED) is 0.619. The Kier molecular flexibility index (Phi) is 2.28. The zero-order valence-electron chi connectivity index (χ0n) is 6.91. The van der Waals surface area contributed by atoms with Crippen LogP contribution in [0.2, 0.25) is 0 Å². The second kappa shape index (κ2) is 3.45. The van der Waals surface area contributed by atoms with E-state index in [1.807, 2.05) is 0 Å². The molecule has 0 aliphatic heterocycles. The Bertz CT molecular complexity index is 458. The van der Waals surface area contributed by atoms with Gasteiger partial charge in [-0.1, -0.05) is 0 Å². The number of hydrogen-bond acceptors (Lipinski definition) is 4. The van der Waals surface area contributed by atoms with Crippen molar-refractivity contribution >= 4 is 28.5 Å². The van der Waals surface area contributed by atoms with Crippen molar-refractivity contribution in [2.45, 2.75) is 11.0 Å². The minimum Gasteiger partial charge on any atom is -0.431 e. The van der Waals surface area contributed by atoms with Crippen LogP contribution in [0.15, 0.2) is 27.8 Å². The fourth-order valence-electron chi connectivity index (χ4n) is 1.05. The molecule has 0 spiro atoms. The van der Waals surface area contributed by atoms with Gasteiger partial charge in [0.25, 0.3) is 11.0 Å². The van der Waals surface area contributed by atoms with Gasteiger partial charge in [-0.3, -0.25) is 0 Å². The van der Waals surface area contributed by atoms with Crippen LogP contribution in [0.5, 0.6) is 0 Å². The minimum absolute atomic E-state index is 0.0411. The molecule has 74 valence electrons. The smallest absolute Gasteiger partial charge is 0.293 e. The van der Waals surface area contributed by atoms with Gasteiger partial charge < -0.3 is 10.2 Å². The predicted molar refractivity (Wildman–Crippen MR) is 50.3 cm³/mol. The molecular weight excluding hydrogens is 210 g/mol. The lowest BCUT2D eigenvalue weighted by Crippen LogP contribution is -1.81. The highest BCUT2D eigenvalue weighted by atomic mass is 32.2. The number of aromatic nitrogens is 1. The Morgan fingerprint density at radius 2 is 2.21 bits per heavy atom. The van der Waals surface area contributed by atoms with Gasteiger partial charge in [0.05, 0.1) is 0 Å². The van der Waals surface area contributed by atoms with Gasteiger partial charge in [0.2, 0.25) is 0 Å². The molecule has 1 aromatic carbocycles. The van der Waals surface area contributed by atoms with Gasteiger partial charge in [0, 0.05) is 23.5 Å². The van der Waals surface area contributed by atoms with E-state index < -0.39 is 5.76 Å². The maximum atomic E-state index is 12.0. The number of nitrogens with two attached hydrogens (primary N) is 1. The van der Waals surface area contributed by atoms with Crippen molar-refractivity contribution in [2.24, 2.45) is 0 Å². The van der Waals surface area contributed by atoms with E-state index in [4.69, 9.17) is 10.2 Å².